The molecule has 0 bridgehead atoms. The van der Waals surface area contributed by atoms with Crippen LogP contribution in [0.4, 0.5) is 0 Å². The van der Waals surface area contributed by atoms with Crippen molar-refractivity contribution in [3.63, 3.8) is 0 Å². The fourth-order valence-corrected chi connectivity index (χ4v) is 2.34. The fraction of sp³-hybridized carbons (Fsp3) is 0.500. The van der Waals surface area contributed by atoms with E-state index >= 15 is 0 Å². The minimum absolute atomic E-state index is 0.904. The Morgan fingerprint density at radius 1 is 1.35 bits per heavy atom. The quantitative estimate of drug-likeness (QED) is 0.802. The summed E-state index contributed by atoms with van der Waals surface area (Å²) in [6.07, 6.45) is 3.83. The first-order chi connectivity index (χ1) is 8.29. The van der Waals surface area contributed by atoms with E-state index in [1.807, 2.05) is 13.0 Å². The minimum atomic E-state index is 0.904. The van der Waals surface area contributed by atoms with Gasteiger partial charge in [0.25, 0.3) is 0 Å². The molecule has 0 radical (unpaired) electrons. The highest BCUT2D eigenvalue weighted by Gasteiger charge is 2.08. The van der Waals surface area contributed by atoms with Gasteiger partial charge in [0.05, 0.1) is 5.56 Å². The Hall–Kier alpha value is -1.20. The second kappa shape index (κ2) is 5.93. The van der Waals surface area contributed by atoms with Gasteiger partial charge in [0, 0.05) is 13.0 Å². The average molecular weight is 251 g/mol. The van der Waals surface area contributed by atoms with Gasteiger partial charge in [-0.25, -0.2) is 0 Å². The molecule has 2 aromatic heterocycles. The SMILES string of the molecule is CCCNCCc1nnc(-c2coc(C)c2)s1. The summed E-state index contributed by atoms with van der Waals surface area (Å²) < 4.78 is 5.27. The van der Waals surface area contributed by atoms with Crippen molar-refractivity contribution in [2.45, 2.75) is 26.7 Å². The van der Waals surface area contributed by atoms with Crippen molar-refractivity contribution in [3.05, 3.63) is 23.1 Å². The number of hydrogen-bond acceptors (Lipinski definition) is 5. The zero-order chi connectivity index (χ0) is 12.1. The van der Waals surface area contributed by atoms with E-state index in [0.29, 0.717) is 0 Å². The molecule has 2 heterocycles. The highest BCUT2D eigenvalue weighted by molar-refractivity contribution is 7.14. The van der Waals surface area contributed by atoms with Crippen LogP contribution in [0.25, 0.3) is 10.6 Å². The number of nitrogens with zero attached hydrogens (tertiary/aromatic N) is 2. The summed E-state index contributed by atoms with van der Waals surface area (Å²) in [4.78, 5) is 0. The van der Waals surface area contributed by atoms with Crippen LogP contribution in [0.2, 0.25) is 0 Å². The molecule has 0 aliphatic carbocycles. The molecule has 4 nitrogen and oxygen atoms in total. The molecule has 0 aliphatic rings. The van der Waals surface area contributed by atoms with Crippen LogP contribution in [-0.4, -0.2) is 23.3 Å². The molecule has 1 N–H and O–H groups in total. The van der Waals surface area contributed by atoms with Gasteiger partial charge in [0.1, 0.15) is 17.0 Å². The smallest absolute Gasteiger partial charge is 0.151 e. The zero-order valence-corrected chi connectivity index (χ0v) is 11.0. The highest BCUT2D eigenvalue weighted by Crippen LogP contribution is 2.25. The first kappa shape index (κ1) is 12.3. The van der Waals surface area contributed by atoms with Crippen LogP contribution in [0.3, 0.4) is 0 Å². The largest absolute Gasteiger partial charge is 0.469 e. The topological polar surface area (TPSA) is 51.0 Å². The fourth-order valence-electron chi connectivity index (χ4n) is 1.52. The molecule has 2 rings (SSSR count). The molecular weight excluding hydrogens is 234 g/mol. The second-order valence-corrected chi connectivity index (χ2v) is 5.01. The number of nitrogens with one attached hydrogen (secondary N) is 1. The molecule has 0 spiro atoms. The predicted octanol–water partition coefficient (Wildman–Crippen LogP) is 2.65. The standard InChI is InChI=1S/C12H17N3OS/c1-3-5-13-6-4-11-14-15-12(17-11)10-7-9(2)16-8-10/h7-8,13H,3-6H2,1-2H3. The van der Waals surface area contributed by atoms with E-state index in [-0.39, 0.29) is 0 Å². The molecule has 0 fully saturated rings. The minimum Gasteiger partial charge on any atom is -0.469 e. The Bertz CT molecular complexity index is 464. The summed E-state index contributed by atoms with van der Waals surface area (Å²) in [6.45, 7) is 6.12. The Kier molecular flexibility index (Phi) is 4.28. The third kappa shape index (κ3) is 3.38. The molecule has 0 aliphatic heterocycles. The number of rotatable bonds is 6. The van der Waals surface area contributed by atoms with E-state index in [2.05, 4.69) is 22.4 Å². The third-order valence-corrected chi connectivity index (χ3v) is 3.42. The number of aromatic nitrogens is 2. The van der Waals surface area contributed by atoms with Crippen LogP contribution in [0.1, 0.15) is 24.1 Å². The van der Waals surface area contributed by atoms with Gasteiger partial charge >= 0.3 is 0 Å². The zero-order valence-electron chi connectivity index (χ0n) is 10.2. The lowest BCUT2D eigenvalue weighted by molar-refractivity contribution is 0.535. The van der Waals surface area contributed by atoms with Gasteiger partial charge in [-0.1, -0.05) is 18.3 Å². The van der Waals surface area contributed by atoms with E-state index in [1.165, 1.54) is 0 Å². The van der Waals surface area contributed by atoms with Crippen molar-refractivity contribution in [1.29, 1.82) is 0 Å². The molecule has 0 aromatic carbocycles. The van der Waals surface area contributed by atoms with Crippen LogP contribution in [0.5, 0.6) is 0 Å². The normalized spacial score (nSPS) is 10.9. The molecule has 5 heteroatoms. The van der Waals surface area contributed by atoms with Gasteiger partial charge in [0.15, 0.2) is 5.01 Å². The molecule has 0 saturated heterocycles. The lowest BCUT2D eigenvalue weighted by Crippen LogP contribution is -2.17. The molecule has 0 atom stereocenters. The van der Waals surface area contributed by atoms with Gasteiger partial charge in [0.2, 0.25) is 0 Å². The van der Waals surface area contributed by atoms with Crippen molar-refractivity contribution in [2.75, 3.05) is 13.1 Å². The van der Waals surface area contributed by atoms with Gasteiger partial charge in [-0.15, -0.1) is 10.2 Å². The lowest BCUT2D eigenvalue weighted by atomic mass is 10.3. The summed E-state index contributed by atoms with van der Waals surface area (Å²) in [5, 5.41) is 13.7. The van der Waals surface area contributed by atoms with Crippen LogP contribution in [0.15, 0.2) is 16.7 Å². The Labute approximate surface area is 105 Å². The molecule has 17 heavy (non-hydrogen) atoms. The first-order valence-corrected chi connectivity index (χ1v) is 6.70. The summed E-state index contributed by atoms with van der Waals surface area (Å²) in [5.74, 6) is 0.904. The maximum absolute atomic E-state index is 5.27. The van der Waals surface area contributed by atoms with E-state index in [9.17, 15) is 0 Å². The van der Waals surface area contributed by atoms with Crippen molar-refractivity contribution in [2.24, 2.45) is 0 Å². The van der Waals surface area contributed by atoms with E-state index < -0.39 is 0 Å². The molecule has 0 amide bonds. The van der Waals surface area contributed by atoms with Crippen molar-refractivity contribution >= 4 is 11.3 Å². The Morgan fingerprint density at radius 2 is 2.24 bits per heavy atom. The molecule has 0 saturated carbocycles. The third-order valence-electron chi connectivity index (χ3n) is 2.39. The summed E-state index contributed by atoms with van der Waals surface area (Å²) in [7, 11) is 0. The van der Waals surface area contributed by atoms with Crippen molar-refractivity contribution in [1.82, 2.24) is 15.5 Å². The van der Waals surface area contributed by atoms with Gasteiger partial charge in [-0.05, 0) is 26.0 Å². The summed E-state index contributed by atoms with van der Waals surface area (Å²) in [6, 6.07) is 1.99. The lowest BCUT2D eigenvalue weighted by Gasteiger charge is -1.98. The Morgan fingerprint density at radius 3 is 2.94 bits per heavy atom. The maximum atomic E-state index is 5.27. The van der Waals surface area contributed by atoms with Gasteiger partial charge < -0.3 is 9.73 Å². The average Bonchev–Trinajstić information content (AvgIpc) is 2.93. The van der Waals surface area contributed by atoms with E-state index in [0.717, 1.165) is 47.3 Å². The van der Waals surface area contributed by atoms with Gasteiger partial charge in [-0.2, -0.15) is 0 Å². The van der Waals surface area contributed by atoms with Crippen LogP contribution in [-0.2, 0) is 6.42 Å². The summed E-state index contributed by atoms with van der Waals surface area (Å²) >= 11 is 1.64. The Balaban J connectivity index is 1.92. The van der Waals surface area contributed by atoms with Crippen LogP contribution < -0.4 is 5.32 Å². The monoisotopic (exact) mass is 251 g/mol. The van der Waals surface area contributed by atoms with E-state index in [1.54, 1.807) is 17.6 Å². The van der Waals surface area contributed by atoms with Crippen molar-refractivity contribution in [3.8, 4) is 10.6 Å². The van der Waals surface area contributed by atoms with E-state index in [4.69, 9.17) is 4.42 Å². The van der Waals surface area contributed by atoms with Crippen LogP contribution in [0, 0.1) is 6.92 Å². The number of aryl methyl sites for hydroxylation is 1. The predicted molar refractivity (Wildman–Crippen MR) is 69.2 cm³/mol. The second-order valence-electron chi connectivity index (χ2n) is 3.95. The van der Waals surface area contributed by atoms with Crippen molar-refractivity contribution < 1.29 is 4.42 Å². The first-order valence-electron chi connectivity index (χ1n) is 5.88. The molecule has 2 aromatic rings. The highest BCUT2D eigenvalue weighted by atomic mass is 32.1. The number of furan rings is 1. The van der Waals surface area contributed by atoms with Crippen LogP contribution >= 0.6 is 11.3 Å². The summed E-state index contributed by atoms with van der Waals surface area (Å²) in [5.41, 5.74) is 1.02. The maximum Gasteiger partial charge on any atom is 0.151 e. The van der Waals surface area contributed by atoms with Gasteiger partial charge in [-0.3, -0.25) is 0 Å². The molecular formula is C12H17N3OS. The number of hydrogen-bond donors (Lipinski definition) is 1. The molecule has 0 unspecified atom stereocenters. The molecule has 92 valence electrons.